The van der Waals surface area contributed by atoms with Crippen LogP contribution in [-0.4, -0.2) is 8.42 Å². The van der Waals surface area contributed by atoms with Crippen LogP contribution in [0, 0.1) is 6.92 Å². The maximum absolute atomic E-state index is 11.1. The third kappa shape index (κ3) is 2.59. The van der Waals surface area contributed by atoms with Crippen LogP contribution in [0.25, 0.3) is 0 Å². The van der Waals surface area contributed by atoms with Gasteiger partial charge in [0.2, 0.25) is 9.05 Å². The van der Waals surface area contributed by atoms with E-state index in [-0.39, 0.29) is 0 Å². The van der Waals surface area contributed by atoms with Crippen molar-refractivity contribution in [2.24, 2.45) is 0 Å². The minimum Gasteiger partial charge on any atom is -0.211 e. The van der Waals surface area contributed by atoms with Gasteiger partial charge in [0.05, 0.1) is 0 Å². The molecule has 0 aliphatic rings. The molecular formula is C10H11ClO2S. The summed E-state index contributed by atoms with van der Waals surface area (Å²) in [5.41, 5.74) is 1.71. The lowest BCUT2D eigenvalue weighted by Crippen LogP contribution is -2.03. The zero-order valence-electron chi connectivity index (χ0n) is 7.77. The van der Waals surface area contributed by atoms with Crippen molar-refractivity contribution in [3.05, 3.63) is 48.0 Å². The monoisotopic (exact) mass is 230 g/mol. The number of hydrogen-bond acceptors (Lipinski definition) is 2. The number of hydrogen-bond donors (Lipinski definition) is 0. The molecule has 1 atom stereocenters. The summed E-state index contributed by atoms with van der Waals surface area (Å²) in [6, 6.07) is 7.16. The molecule has 2 nitrogen and oxygen atoms in total. The second-order valence-electron chi connectivity index (χ2n) is 3.04. The molecular weight excluding hydrogens is 220 g/mol. The summed E-state index contributed by atoms with van der Waals surface area (Å²) < 4.78 is 22.3. The molecule has 0 aromatic heterocycles. The molecule has 76 valence electrons. The topological polar surface area (TPSA) is 34.1 Å². The van der Waals surface area contributed by atoms with Crippen molar-refractivity contribution in [3.63, 3.8) is 0 Å². The van der Waals surface area contributed by atoms with E-state index in [1.165, 1.54) is 6.08 Å². The van der Waals surface area contributed by atoms with E-state index in [9.17, 15) is 8.42 Å². The summed E-state index contributed by atoms with van der Waals surface area (Å²) in [5, 5.41) is -0.829. The highest BCUT2D eigenvalue weighted by Gasteiger charge is 2.21. The van der Waals surface area contributed by atoms with Crippen molar-refractivity contribution in [2.75, 3.05) is 0 Å². The molecule has 4 heteroatoms. The average Bonchev–Trinajstić information content (AvgIpc) is 2.07. The van der Waals surface area contributed by atoms with Crippen LogP contribution in [0.15, 0.2) is 36.9 Å². The Hall–Kier alpha value is -0.800. The molecule has 1 unspecified atom stereocenters. The van der Waals surface area contributed by atoms with Gasteiger partial charge in [0.25, 0.3) is 0 Å². The third-order valence-corrected chi connectivity index (χ3v) is 3.57. The minimum atomic E-state index is -3.63. The van der Waals surface area contributed by atoms with Gasteiger partial charge in [-0.05, 0) is 12.5 Å². The molecule has 0 heterocycles. The molecule has 0 saturated carbocycles. The van der Waals surface area contributed by atoms with Crippen molar-refractivity contribution in [3.8, 4) is 0 Å². The zero-order chi connectivity index (χ0) is 10.8. The summed E-state index contributed by atoms with van der Waals surface area (Å²) >= 11 is 0. The average molecular weight is 231 g/mol. The van der Waals surface area contributed by atoms with E-state index in [0.29, 0.717) is 5.56 Å². The van der Waals surface area contributed by atoms with Crippen molar-refractivity contribution in [2.45, 2.75) is 12.2 Å². The third-order valence-electron chi connectivity index (χ3n) is 1.92. The minimum absolute atomic E-state index is 0.639. The van der Waals surface area contributed by atoms with Crippen molar-refractivity contribution in [1.29, 1.82) is 0 Å². The van der Waals surface area contributed by atoms with Gasteiger partial charge in [-0.2, -0.15) is 0 Å². The SMILES string of the molecule is C=CC(c1ccc(C)cc1)S(=O)(=O)Cl. The van der Waals surface area contributed by atoms with E-state index in [2.05, 4.69) is 6.58 Å². The number of benzene rings is 1. The zero-order valence-corrected chi connectivity index (χ0v) is 9.35. The molecule has 0 aliphatic heterocycles. The fourth-order valence-electron chi connectivity index (χ4n) is 1.17. The van der Waals surface area contributed by atoms with Crippen LogP contribution in [0.1, 0.15) is 16.4 Å². The normalized spacial score (nSPS) is 13.6. The first-order valence-electron chi connectivity index (χ1n) is 4.07. The van der Waals surface area contributed by atoms with Gasteiger partial charge in [-0.25, -0.2) is 8.42 Å². The quantitative estimate of drug-likeness (QED) is 0.591. The first kappa shape index (κ1) is 11.3. The Balaban J connectivity index is 3.15. The lowest BCUT2D eigenvalue weighted by Gasteiger charge is -2.08. The lowest BCUT2D eigenvalue weighted by molar-refractivity contribution is 0.604. The molecule has 0 spiro atoms. The van der Waals surface area contributed by atoms with Gasteiger partial charge in [0, 0.05) is 10.7 Å². The van der Waals surface area contributed by atoms with Gasteiger partial charge < -0.3 is 0 Å². The Kier molecular flexibility index (Phi) is 3.34. The van der Waals surface area contributed by atoms with Gasteiger partial charge in [-0.15, -0.1) is 6.58 Å². The number of halogens is 1. The highest BCUT2D eigenvalue weighted by atomic mass is 35.7. The Bertz CT molecular complexity index is 420. The maximum Gasteiger partial charge on any atom is 0.243 e. The van der Waals surface area contributed by atoms with Crippen LogP contribution in [0.3, 0.4) is 0 Å². The van der Waals surface area contributed by atoms with Crippen LogP contribution in [0.5, 0.6) is 0 Å². The highest BCUT2D eigenvalue weighted by Crippen LogP contribution is 2.26. The molecule has 14 heavy (non-hydrogen) atoms. The molecule has 0 aliphatic carbocycles. The molecule has 0 saturated heterocycles. The van der Waals surface area contributed by atoms with Crippen molar-refractivity contribution >= 4 is 19.7 Å². The van der Waals surface area contributed by atoms with Crippen LogP contribution < -0.4 is 0 Å². The summed E-state index contributed by atoms with van der Waals surface area (Å²) in [7, 11) is 1.65. The smallest absolute Gasteiger partial charge is 0.211 e. The molecule has 1 aromatic carbocycles. The van der Waals surface area contributed by atoms with Crippen LogP contribution in [0.4, 0.5) is 0 Å². The summed E-state index contributed by atoms with van der Waals surface area (Å²) in [6.45, 7) is 5.40. The van der Waals surface area contributed by atoms with E-state index < -0.39 is 14.3 Å². The second kappa shape index (κ2) is 4.15. The van der Waals surface area contributed by atoms with Gasteiger partial charge >= 0.3 is 0 Å². The van der Waals surface area contributed by atoms with Crippen LogP contribution in [-0.2, 0) is 9.05 Å². The summed E-state index contributed by atoms with van der Waals surface area (Å²) in [5.74, 6) is 0. The van der Waals surface area contributed by atoms with Gasteiger partial charge in [0.1, 0.15) is 5.25 Å². The molecule has 0 N–H and O–H groups in total. The van der Waals surface area contributed by atoms with Gasteiger partial charge in [-0.1, -0.05) is 35.9 Å². The number of aryl methyl sites for hydroxylation is 1. The molecule has 0 fully saturated rings. The largest absolute Gasteiger partial charge is 0.243 e. The summed E-state index contributed by atoms with van der Waals surface area (Å²) in [4.78, 5) is 0. The van der Waals surface area contributed by atoms with E-state index in [0.717, 1.165) is 5.56 Å². The first-order valence-corrected chi connectivity index (χ1v) is 6.45. The van der Waals surface area contributed by atoms with Crippen LogP contribution in [0.2, 0.25) is 0 Å². The summed E-state index contributed by atoms with van der Waals surface area (Å²) in [6.07, 6.45) is 1.33. The first-order chi connectivity index (χ1) is 6.45. The van der Waals surface area contributed by atoms with Gasteiger partial charge in [-0.3, -0.25) is 0 Å². The van der Waals surface area contributed by atoms with Gasteiger partial charge in [0.15, 0.2) is 0 Å². The molecule has 0 radical (unpaired) electrons. The molecule has 1 rings (SSSR count). The Morgan fingerprint density at radius 2 is 1.86 bits per heavy atom. The van der Waals surface area contributed by atoms with E-state index in [4.69, 9.17) is 10.7 Å². The standard InChI is InChI=1S/C10H11ClO2S/c1-3-10(14(11,12)13)9-6-4-8(2)5-7-9/h3-7,10H,1H2,2H3. The van der Waals surface area contributed by atoms with Crippen molar-refractivity contribution < 1.29 is 8.42 Å². The maximum atomic E-state index is 11.1. The highest BCUT2D eigenvalue weighted by molar-refractivity contribution is 8.14. The number of rotatable bonds is 3. The van der Waals surface area contributed by atoms with E-state index in [1.54, 1.807) is 12.1 Å². The molecule has 1 aromatic rings. The molecule has 0 bridgehead atoms. The van der Waals surface area contributed by atoms with Crippen LogP contribution >= 0.6 is 10.7 Å². The predicted molar refractivity (Wildman–Crippen MR) is 58.9 cm³/mol. The Morgan fingerprint density at radius 1 is 1.36 bits per heavy atom. The van der Waals surface area contributed by atoms with E-state index in [1.807, 2.05) is 19.1 Å². The molecule has 0 amide bonds. The second-order valence-corrected chi connectivity index (χ2v) is 5.79. The fourth-order valence-corrected chi connectivity index (χ4v) is 2.41. The van der Waals surface area contributed by atoms with Crippen molar-refractivity contribution in [1.82, 2.24) is 0 Å². The fraction of sp³-hybridized carbons (Fsp3) is 0.200. The Labute approximate surface area is 88.6 Å². The van der Waals surface area contributed by atoms with E-state index >= 15 is 0 Å². The predicted octanol–water partition coefficient (Wildman–Crippen LogP) is 2.79. The lowest BCUT2D eigenvalue weighted by atomic mass is 10.1. The Morgan fingerprint density at radius 3 is 2.21 bits per heavy atom.